The van der Waals surface area contributed by atoms with Crippen molar-refractivity contribution < 1.29 is 4.43 Å². The number of hydrogen-bond donors (Lipinski definition) is 0. The first-order chi connectivity index (χ1) is 5.17. The second kappa shape index (κ2) is 3.37. The highest BCUT2D eigenvalue weighted by atomic mass is 28.4. The van der Waals surface area contributed by atoms with E-state index in [1.54, 1.807) is 0 Å². The molecule has 0 radical (unpaired) electrons. The van der Waals surface area contributed by atoms with Crippen molar-refractivity contribution in [3.05, 3.63) is 24.3 Å². The van der Waals surface area contributed by atoms with Crippen LogP contribution in [-0.4, -0.2) is 15.4 Å². The van der Waals surface area contributed by atoms with Gasteiger partial charge in [-0.3, -0.25) is 0 Å². The van der Waals surface area contributed by atoms with Crippen LogP contribution in [0.15, 0.2) is 24.3 Å². The fourth-order valence-electron chi connectivity index (χ4n) is 1.25. The maximum absolute atomic E-state index is 5.53. The highest BCUT2D eigenvalue weighted by Crippen LogP contribution is 2.29. The fraction of sp³-hybridized carbons (Fsp3) is 0.556. The highest BCUT2D eigenvalue weighted by molar-refractivity contribution is 6.73. The molecule has 1 aliphatic carbocycles. The zero-order chi connectivity index (χ0) is 8.32. The maximum atomic E-state index is 5.53. The summed E-state index contributed by atoms with van der Waals surface area (Å²) in [6.07, 6.45) is 9.89. The topological polar surface area (TPSA) is 9.23 Å². The minimum Gasteiger partial charge on any atom is -0.420 e. The van der Waals surface area contributed by atoms with Crippen LogP contribution in [0.2, 0.25) is 18.6 Å². The summed E-state index contributed by atoms with van der Waals surface area (Å²) >= 11 is 0. The molecule has 0 N–H and O–H groups in total. The Balaban J connectivity index is 2.61. The predicted octanol–water partition coefficient (Wildman–Crippen LogP) is 2.72. The van der Waals surface area contributed by atoms with Crippen LogP contribution >= 0.6 is 0 Å². The van der Waals surface area contributed by atoms with Gasteiger partial charge < -0.3 is 4.43 Å². The van der Waals surface area contributed by atoms with E-state index in [1.807, 2.05) is 7.11 Å². The van der Waals surface area contributed by atoms with Gasteiger partial charge in [-0.1, -0.05) is 24.3 Å². The molecule has 0 heterocycles. The van der Waals surface area contributed by atoms with Gasteiger partial charge in [0.2, 0.25) is 0 Å². The third-order valence-electron chi connectivity index (χ3n) is 2.40. The van der Waals surface area contributed by atoms with Crippen LogP contribution in [0, 0.1) is 0 Å². The van der Waals surface area contributed by atoms with Gasteiger partial charge in [-0.15, -0.1) is 0 Å². The molecule has 2 heteroatoms. The molecule has 11 heavy (non-hydrogen) atoms. The summed E-state index contributed by atoms with van der Waals surface area (Å²) in [5, 5.41) is 0. The van der Waals surface area contributed by atoms with E-state index in [0.717, 1.165) is 6.42 Å². The van der Waals surface area contributed by atoms with Crippen LogP contribution in [0.4, 0.5) is 0 Å². The molecule has 1 unspecified atom stereocenters. The van der Waals surface area contributed by atoms with Crippen molar-refractivity contribution >= 4 is 8.32 Å². The van der Waals surface area contributed by atoms with E-state index in [1.165, 1.54) is 0 Å². The van der Waals surface area contributed by atoms with Crippen molar-refractivity contribution in [2.45, 2.75) is 25.1 Å². The average Bonchev–Trinajstić information content (AvgIpc) is 2.06. The minimum atomic E-state index is -1.41. The third kappa shape index (κ3) is 2.04. The second-order valence-electron chi connectivity index (χ2n) is 3.46. The lowest BCUT2D eigenvalue weighted by Crippen LogP contribution is -2.34. The van der Waals surface area contributed by atoms with Gasteiger partial charge in [0, 0.05) is 7.11 Å². The molecule has 1 aliphatic rings. The maximum Gasteiger partial charge on any atom is 0.193 e. The molecule has 62 valence electrons. The molecule has 0 amide bonds. The molecule has 1 nitrogen and oxygen atoms in total. The summed E-state index contributed by atoms with van der Waals surface area (Å²) in [5.41, 5.74) is 0.664. The van der Waals surface area contributed by atoms with Gasteiger partial charge in [0.25, 0.3) is 0 Å². The molecule has 0 aromatic rings. The van der Waals surface area contributed by atoms with Crippen molar-refractivity contribution in [1.29, 1.82) is 0 Å². The van der Waals surface area contributed by atoms with Crippen LogP contribution in [0.25, 0.3) is 0 Å². The van der Waals surface area contributed by atoms with Crippen molar-refractivity contribution in [3.8, 4) is 0 Å². The minimum absolute atomic E-state index is 0.664. The van der Waals surface area contributed by atoms with E-state index >= 15 is 0 Å². The van der Waals surface area contributed by atoms with Crippen LogP contribution in [0.1, 0.15) is 6.42 Å². The van der Waals surface area contributed by atoms with Gasteiger partial charge in [-0.2, -0.15) is 0 Å². The Kier molecular flexibility index (Phi) is 2.68. The Bertz CT molecular complexity index is 182. The molecular formula is C9H16OSi. The molecule has 0 aromatic carbocycles. The second-order valence-corrected chi connectivity index (χ2v) is 7.82. The first-order valence-corrected chi connectivity index (χ1v) is 7.04. The Morgan fingerprint density at radius 1 is 1.36 bits per heavy atom. The normalized spacial score (nSPS) is 24.1. The lowest BCUT2D eigenvalue weighted by molar-refractivity contribution is 0.396. The molecular weight excluding hydrogens is 152 g/mol. The monoisotopic (exact) mass is 168 g/mol. The van der Waals surface area contributed by atoms with Crippen molar-refractivity contribution in [1.82, 2.24) is 0 Å². The molecule has 0 aromatic heterocycles. The first kappa shape index (κ1) is 8.75. The Hall–Kier alpha value is -0.343. The van der Waals surface area contributed by atoms with Gasteiger partial charge in [0.1, 0.15) is 0 Å². The number of allylic oxidation sites excluding steroid dienone is 4. The summed E-state index contributed by atoms with van der Waals surface area (Å²) < 4.78 is 5.53. The number of hydrogen-bond acceptors (Lipinski definition) is 1. The lowest BCUT2D eigenvalue weighted by Gasteiger charge is -2.28. The molecule has 0 saturated carbocycles. The average molecular weight is 168 g/mol. The van der Waals surface area contributed by atoms with Gasteiger partial charge >= 0.3 is 0 Å². The first-order valence-electron chi connectivity index (χ1n) is 4.05. The highest BCUT2D eigenvalue weighted by Gasteiger charge is 2.30. The van der Waals surface area contributed by atoms with Crippen LogP contribution in [-0.2, 0) is 4.43 Å². The summed E-state index contributed by atoms with van der Waals surface area (Å²) in [7, 11) is 0.417. The largest absolute Gasteiger partial charge is 0.420 e. The zero-order valence-corrected chi connectivity index (χ0v) is 8.50. The smallest absolute Gasteiger partial charge is 0.193 e. The van der Waals surface area contributed by atoms with E-state index in [-0.39, 0.29) is 0 Å². The molecule has 0 fully saturated rings. The van der Waals surface area contributed by atoms with Crippen LogP contribution in [0.5, 0.6) is 0 Å². The fourth-order valence-corrected chi connectivity index (χ4v) is 2.83. The van der Waals surface area contributed by atoms with E-state index in [2.05, 4.69) is 37.4 Å². The summed E-state index contributed by atoms with van der Waals surface area (Å²) in [5.74, 6) is 0. The molecule has 0 bridgehead atoms. The quantitative estimate of drug-likeness (QED) is 0.576. The summed E-state index contributed by atoms with van der Waals surface area (Å²) in [6, 6.07) is 0. The van der Waals surface area contributed by atoms with Crippen LogP contribution in [0.3, 0.4) is 0 Å². The number of rotatable bonds is 2. The van der Waals surface area contributed by atoms with Crippen LogP contribution < -0.4 is 0 Å². The molecule has 1 atom stereocenters. The zero-order valence-electron chi connectivity index (χ0n) is 7.50. The van der Waals surface area contributed by atoms with Crippen molar-refractivity contribution in [2.75, 3.05) is 7.11 Å². The van der Waals surface area contributed by atoms with Gasteiger partial charge in [0.05, 0.1) is 0 Å². The Labute approximate surface area is 69.9 Å². The predicted molar refractivity (Wildman–Crippen MR) is 51.1 cm³/mol. The van der Waals surface area contributed by atoms with Gasteiger partial charge in [-0.25, -0.2) is 0 Å². The van der Waals surface area contributed by atoms with Crippen molar-refractivity contribution in [3.63, 3.8) is 0 Å². The summed E-state index contributed by atoms with van der Waals surface area (Å²) in [4.78, 5) is 0. The van der Waals surface area contributed by atoms with E-state index in [9.17, 15) is 0 Å². The van der Waals surface area contributed by atoms with Crippen molar-refractivity contribution in [2.24, 2.45) is 0 Å². The lowest BCUT2D eigenvalue weighted by atomic mass is 10.2. The molecule has 0 spiro atoms. The van der Waals surface area contributed by atoms with E-state index in [4.69, 9.17) is 4.43 Å². The van der Waals surface area contributed by atoms with Gasteiger partial charge in [0.15, 0.2) is 8.32 Å². The molecule has 1 rings (SSSR count). The third-order valence-corrected chi connectivity index (χ3v) is 5.67. The SMILES string of the molecule is CO[Si](C)(C)C1C=CC=CC1. The van der Waals surface area contributed by atoms with E-state index in [0.29, 0.717) is 5.54 Å². The molecule has 0 saturated heterocycles. The Morgan fingerprint density at radius 3 is 2.55 bits per heavy atom. The van der Waals surface area contributed by atoms with E-state index < -0.39 is 8.32 Å². The summed E-state index contributed by atoms with van der Waals surface area (Å²) in [6.45, 7) is 4.53. The van der Waals surface area contributed by atoms with Gasteiger partial charge in [-0.05, 0) is 25.1 Å². The standard InChI is InChI=1S/C9H16OSi/c1-10-11(2,3)9-7-5-4-6-8-9/h4-7,9H,8H2,1-3H3. The Morgan fingerprint density at radius 2 is 2.09 bits per heavy atom. The molecule has 0 aliphatic heterocycles.